The number of aryl methyl sites for hydroxylation is 1. The highest BCUT2D eigenvalue weighted by molar-refractivity contribution is 6.34. The van der Waals surface area contributed by atoms with E-state index < -0.39 is 0 Å². The maximum absolute atomic E-state index is 12.2. The summed E-state index contributed by atoms with van der Waals surface area (Å²) >= 11 is 5.96. The van der Waals surface area contributed by atoms with Crippen molar-refractivity contribution >= 4 is 29.0 Å². The molecule has 2 aromatic rings. The van der Waals surface area contributed by atoms with Gasteiger partial charge < -0.3 is 5.32 Å². The molecule has 6 heteroatoms. The van der Waals surface area contributed by atoms with Crippen LogP contribution in [0.25, 0.3) is 0 Å². The summed E-state index contributed by atoms with van der Waals surface area (Å²) < 4.78 is 1.53. The molecule has 1 aromatic heterocycles. The predicted molar refractivity (Wildman–Crippen MR) is 77.3 cm³/mol. The zero-order chi connectivity index (χ0) is 14.7. The average Bonchev–Trinajstić information content (AvgIpc) is 2.80. The van der Waals surface area contributed by atoms with Crippen molar-refractivity contribution in [2.24, 2.45) is 0 Å². The third-order valence-electron chi connectivity index (χ3n) is 2.86. The number of nitrogens with one attached hydrogen (secondary N) is 1. The Balaban J connectivity index is 2.19. The van der Waals surface area contributed by atoms with Crippen molar-refractivity contribution in [2.45, 2.75) is 20.4 Å². The highest BCUT2D eigenvalue weighted by atomic mass is 35.5. The molecule has 5 nitrogen and oxygen atoms in total. The smallest absolute Gasteiger partial charge is 0.275 e. The molecule has 0 aliphatic rings. The van der Waals surface area contributed by atoms with E-state index in [2.05, 4.69) is 10.4 Å². The lowest BCUT2D eigenvalue weighted by molar-refractivity contribution is 0.101. The molecule has 0 saturated carbocycles. The lowest BCUT2D eigenvalue weighted by Gasteiger charge is -2.07. The number of ketones is 1. The molecule has 0 bridgehead atoms. The number of amides is 1. The lowest BCUT2D eigenvalue weighted by atomic mass is 10.1. The summed E-state index contributed by atoms with van der Waals surface area (Å²) in [5.74, 6) is -0.347. The molecule has 20 heavy (non-hydrogen) atoms. The van der Waals surface area contributed by atoms with Crippen molar-refractivity contribution in [3.05, 3.63) is 46.7 Å². The number of halogens is 1. The van der Waals surface area contributed by atoms with E-state index in [1.54, 1.807) is 24.3 Å². The number of rotatable bonds is 4. The second kappa shape index (κ2) is 5.88. The summed E-state index contributed by atoms with van der Waals surface area (Å²) in [6.07, 6.45) is 1.44. The van der Waals surface area contributed by atoms with Crippen molar-refractivity contribution in [2.75, 3.05) is 5.32 Å². The minimum atomic E-state index is -0.329. The summed E-state index contributed by atoms with van der Waals surface area (Å²) in [7, 11) is 0. The van der Waals surface area contributed by atoms with Crippen molar-refractivity contribution in [3.8, 4) is 0 Å². The Hall–Kier alpha value is -2.14. The summed E-state index contributed by atoms with van der Waals surface area (Å²) in [5, 5.41) is 7.05. The van der Waals surface area contributed by atoms with Gasteiger partial charge in [0.15, 0.2) is 5.78 Å². The van der Waals surface area contributed by atoms with Crippen LogP contribution in [-0.4, -0.2) is 21.5 Å². The molecule has 1 amide bonds. The molecule has 0 fully saturated rings. The Morgan fingerprint density at radius 3 is 2.50 bits per heavy atom. The zero-order valence-electron chi connectivity index (χ0n) is 11.2. The van der Waals surface area contributed by atoms with Crippen molar-refractivity contribution < 1.29 is 9.59 Å². The third-order valence-corrected chi connectivity index (χ3v) is 3.14. The molecule has 1 aromatic carbocycles. The number of hydrogen-bond donors (Lipinski definition) is 1. The first-order valence-electron chi connectivity index (χ1n) is 6.16. The summed E-state index contributed by atoms with van der Waals surface area (Å²) in [5.41, 5.74) is 1.52. The first kappa shape index (κ1) is 14.3. The molecule has 1 heterocycles. The standard InChI is InChI=1S/C14H14ClN3O2/c1-3-18-13(12(15)8-16-18)14(20)17-11-6-4-10(5-7-11)9(2)19/h4-8H,3H2,1-2H3,(H,17,20). The number of carbonyl (C=O) groups is 2. The first-order valence-corrected chi connectivity index (χ1v) is 6.54. The first-order chi connectivity index (χ1) is 9.52. The zero-order valence-corrected chi connectivity index (χ0v) is 11.9. The van der Waals surface area contributed by atoms with Crippen LogP contribution in [-0.2, 0) is 6.54 Å². The number of nitrogens with zero attached hydrogens (tertiary/aromatic N) is 2. The van der Waals surface area contributed by atoms with Gasteiger partial charge in [0, 0.05) is 17.8 Å². The van der Waals surface area contributed by atoms with Gasteiger partial charge in [0.1, 0.15) is 5.69 Å². The quantitative estimate of drug-likeness (QED) is 0.881. The van der Waals surface area contributed by atoms with Gasteiger partial charge >= 0.3 is 0 Å². The van der Waals surface area contributed by atoms with Crippen LogP contribution in [0.2, 0.25) is 5.02 Å². The van der Waals surface area contributed by atoms with Gasteiger partial charge in [0.2, 0.25) is 0 Å². The van der Waals surface area contributed by atoms with Gasteiger partial charge in [-0.05, 0) is 38.1 Å². The van der Waals surface area contributed by atoms with Gasteiger partial charge in [-0.1, -0.05) is 11.6 Å². The number of anilines is 1. The summed E-state index contributed by atoms with van der Waals surface area (Å²) in [6.45, 7) is 3.92. The fraction of sp³-hybridized carbons (Fsp3) is 0.214. The third kappa shape index (κ3) is 2.88. The second-order valence-corrected chi connectivity index (χ2v) is 4.65. The normalized spacial score (nSPS) is 10.3. The molecule has 0 atom stereocenters. The van der Waals surface area contributed by atoms with Crippen LogP contribution in [0, 0.1) is 0 Å². The highest BCUT2D eigenvalue weighted by Gasteiger charge is 2.16. The van der Waals surface area contributed by atoms with Crippen LogP contribution in [0.5, 0.6) is 0 Å². The Morgan fingerprint density at radius 1 is 1.30 bits per heavy atom. The monoisotopic (exact) mass is 291 g/mol. The Bertz CT molecular complexity index is 647. The van der Waals surface area contributed by atoms with E-state index in [0.29, 0.717) is 28.5 Å². The molecule has 0 saturated heterocycles. The predicted octanol–water partition coefficient (Wildman–Crippen LogP) is 3.01. The number of carbonyl (C=O) groups excluding carboxylic acids is 2. The van der Waals surface area contributed by atoms with Crippen LogP contribution < -0.4 is 5.32 Å². The Kier molecular flexibility index (Phi) is 4.20. The van der Waals surface area contributed by atoms with E-state index in [0.717, 1.165) is 0 Å². The van der Waals surface area contributed by atoms with E-state index in [-0.39, 0.29) is 11.7 Å². The van der Waals surface area contributed by atoms with Gasteiger partial charge in [0.05, 0.1) is 11.2 Å². The van der Waals surface area contributed by atoms with Crippen molar-refractivity contribution in [1.29, 1.82) is 0 Å². The van der Waals surface area contributed by atoms with Crippen LogP contribution in [0.15, 0.2) is 30.5 Å². The maximum Gasteiger partial charge on any atom is 0.275 e. The number of Topliss-reactive ketones (excluding diaryl/α,β-unsaturated/α-hetero) is 1. The molecule has 0 spiro atoms. The molecule has 0 aliphatic heterocycles. The molecule has 2 rings (SSSR count). The fourth-order valence-corrected chi connectivity index (χ4v) is 2.03. The van der Waals surface area contributed by atoms with E-state index >= 15 is 0 Å². The van der Waals surface area contributed by atoms with Gasteiger partial charge in [-0.3, -0.25) is 14.3 Å². The lowest BCUT2D eigenvalue weighted by Crippen LogP contribution is -2.17. The van der Waals surface area contributed by atoms with Gasteiger partial charge in [0.25, 0.3) is 5.91 Å². The summed E-state index contributed by atoms with van der Waals surface area (Å²) in [4.78, 5) is 23.3. The molecular formula is C14H14ClN3O2. The van der Waals surface area contributed by atoms with Crippen LogP contribution >= 0.6 is 11.6 Å². The molecule has 0 radical (unpaired) electrons. The molecule has 104 valence electrons. The number of benzene rings is 1. The Labute approximate surface area is 121 Å². The van der Waals surface area contributed by atoms with E-state index in [1.165, 1.54) is 17.8 Å². The molecule has 1 N–H and O–H groups in total. The van der Waals surface area contributed by atoms with Crippen LogP contribution in [0.3, 0.4) is 0 Å². The molecule has 0 unspecified atom stereocenters. The average molecular weight is 292 g/mol. The van der Waals surface area contributed by atoms with Crippen molar-refractivity contribution in [1.82, 2.24) is 9.78 Å². The van der Waals surface area contributed by atoms with E-state index in [9.17, 15) is 9.59 Å². The second-order valence-electron chi connectivity index (χ2n) is 4.24. The number of hydrogen-bond acceptors (Lipinski definition) is 3. The minimum absolute atomic E-state index is 0.0185. The maximum atomic E-state index is 12.2. The van der Waals surface area contributed by atoms with E-state index in [4.69, 9.17) is 11.6 Å². The van der Waals surface area contributed by atoms with Crippen LogP contribution in [0.1, 0.15) is 34.7 Å². The van der Waals surface area contributed by atoms with Gasteiger partial charge in [-0.2, -0.15) is 5.10 Å². The van der Waals surface area contributed by atoms with Crippen molar-refractivity contribution in [3.63, 3.8) is 0 Å². The van der Waals surface area contributed by atoms with Gasteiger partial charge in [-0.15, -0.1) is 0 Å². The molecule has 0 aliphatic carbocycles. The SMILES string of the molecule is CCn1ncc(Cl)c1C(=O)Nc1ccc(C(C)=O)cc1. The largest absolute Gasteiger partial charge is 0.321 e. The number of aromatic nitrogens is 2. The Morgan fingerprint density at radius 2 is 1.95 bits per heavy atom. The minimum Gasteiger partial charge on any atom is -0.321 e. The topological polar surface area (TPSA) is 64.0 Å². The van der Waals surface area contributed by atoms with Crippen LogP contribution in [0.4, 0.5) is 5.69 Å². The fourth-order valence-electron chi connectivity index (χ4n) is 1.81. The van der Waals surface area contributed by atoms with Gasteiger partial charge in [-0.25, -0.2) is 0 Å². The molecular weight excluding hydrogens is 278 g/mol. The summed E-state index contributed by atoms with van der Waals surface area (Å²) in [6, 6.07) is 6.68. The highest BCUT2D eigenvalue weighted by Crippen LogP contribution is 2.18. The van der Waals surface area contributed by atoms with E-state index in [1.807, 2.05) is 6.92 Å².